The van der Waals surface area contributed by atoms with Crippen LogP contribution in [0.2, 0.25) is 5.02 Å². The number of methoxy groups -OCH3 is 3. The number of phenols is 1. The molecule has 0 fully saturated rings. The Labute approximate surface area is 210 Å². The quantitative estimate of drug-likeness (QED) is 0.286. The van der Waals surface area contributed by atoms with Crippen molar-refractivity contribution in [2.24, 2.45) is 0 Å². The third kappa shape index (κ3) is 3.79. The summed E-state index contributed by atoms with van der Waals surface area (Å²) in [4.78, 5) is 26.1. The summed E-state index contributed by atoms with van der Waals surface area (Å²) in [5, 5.41) is 11.3. The van der Waals surface area contributed by atoms with E-state index in [-0.39, 0.29) is 34.5 Å². The highest BCUT2D eigenvalue weighted by molar-refractivity contribution is 6.30. The lowest BCUT2D eigenvalue weighted by atomic mass is 9.84. The molecule has 184 valence electrons. The van der Waals surface area contributed by atoms with E-state index in [1.165, 1.54) is 33.7 Å². The van der Waals surface area contributed by atoms with Crippen LogP contribution in [0.4, 0.5) is 0 Å². The molecule has 36 heavy (non-hydrogen) atoms. The monoisotopic (exact) mass is 508 g/mol. The van der Waals surface area contributed by atoms with Crippen LogP contribution in [0.25, 0.3) is 22.1 Å². The van der Waals surface area contributed by atoms with Crippen LogP contribution < -0.4 is 24.4 Å². The van der Waals surface area contributed by atoms with E-state index in [4.69, 9.17) is 35.0 Å². The highest BCUT2D eigenvalue weighted by atomic mass is 35.5. The number of rotatable bonds is 5. The van der Waals surface area contributed by atoms with Gasteiger partial charge in [0.2, 0.25) is 5.43 Å². The van der Waals surface area contributed by atoms with Crippen molar-refractivity contribution < 1.29 is 33.3 Å². The fourth-order valence-corrected chi connectivity index (χ4v) is 4.68. The van der Waals surface area contributed by atoms with Crippen molar-refractivity contribution in [2.75, 3.05) is 21.3 Å². The number of benzene rings is 3. The fourth-order valence-electron chi connectivity index (χ4n) is 4.55. The van der Waals surface area contributed by atoms with Gasteiger partial charge in [0.25, 0.3) is 0 Å². The van der Waals surface area contributed by atoms with Crippen molar-refractivity contribution >= 4 is 28.5 Å². The summed E-state index contributed by atoms with van der Waals surface area (Å²) < 4.78 is 27.8. The second-order valence-corrected chi connectivity index (χ2v) is 8.61. The molecule has 1 aromatic heterocycles. The van der Waals surface area contributed by atoms with Crippen LogP contribution in [0.5, 0.6) is 28.7 Å². The van der Waals surface area contributed by atoms with Gasteiger partial charge in [-0.2, -0.15) is 0 Å². The molecule has 9 heteroatoms. The SMILES string of the molecule is COc1cc(OC)c([C@H]2CC(=O)Oc3cc(O)c4c(=O)c(-c5ccc(Cl)cc5)coc4c32)cc1OC. The van der Waals surface area contributed by atoms with Crippen molar-refractivity contribution in [3.63, 3.8) is 0 Å². The predicted octanol–water partition coefficient (Wildman–Crippen LogP) is 5.29. The van der Waals surface area contributed by atoms with Crippen LogP contribution in [0.15, 0.2) is 57.9 Å². The van der Waals surface area contributed by atoms with Gasteiger partial charge in [0, 0.05) is 34.2 Å². The molecule has 1 atom stereocenters. The first-order valence-corrected chi connectivity index (χ1v) is 11.3. The van der Waals surface area contributed by atoms with Crippen LogP contribution in [0.3, 0.4) is 0 Å². The van der Waals surface area contributed by atoms with Crippen molar-refractivity contribution in [3.05, 3.63) is 75.1 Å². The Bertz CT molecular complexity index is 1560. The minimum atomic E-state index is -0.622. The number of carbonyl (C=O) groups is 1. The zero-order valence-electron chi connectivity index (χ0n) is 19.6. The molecule has 8 nitrogen and oxygen atoms in total. The van der Waals surface area contributed by atoms with Gasteiger partial charge in [0.1, 0.15) is 34.5 Å². The normalized spacial score (nSPS) is 14.8. The van der Waals surface area contributed by atoms with Crippen LogP contribution in [0.1, 0.15) is 23.5 Å². The van der Waals surface area contributed by atoms with E-state index >= 15 is 0 Å². The third-order valence-electron chi connectivity index (χ3n) is 6.24. The van der Waals surface area contributed by atoms with Gasteiger partial charge in [-0.3, -0.25) is 9.59 Å². The van der Waals surface area contributed by atoms with Gasteiger partial charge in [-0.25, -0.2) is 0 Å². The largest absolute Gasteiger partial charge is 0.507 e. The van der Waals surface area contributed by atoms with Gasteiger partial charge in [-0.05, 0) is 23.8 Å². The Morgan fingerprint density at radius 2 is 1.61 bits per heavy atom. The summed E-state index contributed by atoms with van der Waals surface area (Å²) in [6, 6.07) is 11.3. The molecule has 5 rings (SSSR count). The van der Waals surface area contributed by atoms with Gasteiger partial charge in [-0.15, -0.1) is 0 Å². The Morgan fingerprint density at radius 1 is 0.944 bits per heavy atom. The minimum Gasteiger partial charge on any atom is -0.507 e. The Hall–Kier alpha value is -4.17. The van der Waals surface area contributed by atoms with E-state index in [0.717, 1.165) is 0 Å². The highest BCUT2D eigenvalue weighted by Gasteiger charge is 2.36. The zero-order chi connectivity index (χ0) is 25.6. The molecule has 3 aromatic carbocycles. The van der Waals surface area contributed by atoms with Gasteiger partial charge in [0.05, 0.1) is 33.3 Å². The van der Waals surface area contributed by atoms with E-state index < -0.39 is 17.3 Å². The van der Waals surface area contributed by atoms with E-state index in [1.807, 2.05) is 0 Å². The molecule has 0 bridgehead atoms. The van der Waals surface area contributed by atoms with Crippen molar-refractivity contribution in [1.29, 1.82) is 0 Å². The number of hydrogen-bond donors (Lipinski definition) is 1. The molecular weight excluding hydrogens is 488 g/mol. The van der Waals surface area contributed by atoms with Crippen molar-refractivity contribution in [1.82, 2.24) is 0 Å². The average Bonchev–Trinajstić information content (AvgIpc) is 2.87. The first-order valence-electron chi connectivity index (χ1n) is 10.9. The number of phenolic OH excluding ortho intramolecular Hbond substituents is 1. The maximum atomic E-state index is 13.5. The molecule has 0 aliphatic carbocycles. The molecular formula is C27H21ClO8. The maximum absolute atomic E-state index is 13.5. The first kappa shape index (κ1) is 23.6. The predicted molar refractivity (Wildman–Crippen MR) is 133 cm³/mol. The minimum absolute atomic E-state index is 0.0245. The third-order valence-corrected chi connectivity index (χ3v) is 6.49. The molecule has 2 heterocycles. The molecule has 0 radical (unpaired) electrons. The van der Waals surface area contributed by atoms with E-state index in [0.29, 0.717) is 39.0 Å². The summed E-state index contributed by atoms with van der Waals surface area (Å²) in [6.45, 7) is 0. The molecule has 0 saturated carbocycles. The summed E-state index contributed by atoms with van der Waals surface area (Å²) in [7, 11) is 4.51. The second kappa shape index (κ2) is 9.13. The fraction of sp³-hybridized carbons (Fsp3) is 0.185. The number of carbonyl (C=O) groups excluding carboxylic acids is 1. The standard InChI is InChI=1S/C27H21ClO8/c1-32-19-11-21(34-3)20(33-2)8-15(19)16-9-23(30)36-22-10-18(29)25-26(31)17(12-35-27(25)24(16)22)13-4-6-14(28)7-5-13/h4-8,10-12,16,29H,9H2,1-3H3/t16-/m1/s1. The van der Waals surface area contributed by atoms with Gasteiger partial charge >= 0.3 is 5.97 Å². The number of esters is 1. The average molecular weight is 509 g/mol. The van der Waals surface area contributed by atoms with Gasteiger partial charge in [0.15, 0.2) is 11.5 Å². The van der Waals surface area contributed by atoms with E-state index in [2.05, 4.69) is 0 Å². The molecule has 1 N–H and O–H groups in total. The summed E-state index contributed by atoms with van der Waals surface area (Å²) in [5.74, 6) is -0.0669. The number of hydrogen-bond acceptors (Lipinski definition) is 8. The topological polar surface area (TPSA) is 104 Å². The second-order valence-electron chi connectivity index (χ2n) is 8.18. The van der Waals surface area contributed by atoms with Crippen LogP contribution in [-0.4, -0.2) is 32.4 Å². The molecule has 0 saturated heterocycles. The molecule has 0 amide bonds. The molecule has 0 unspecified atom stereocenters. The van der Waals surface area contributed by atoms with Crippen LogP contribution in [0, 0.1) is 0 Å². The summed E-state index contributed by atoms with van der Waals surface area (Å²) in [5.41, 5.74) is 1.55. The van der Waals surface area contributed by atoms with E-state index in [9.17, 15) is 14.7 Å². The maximum Gasteiger partial charge on any atom is 0.312 e. The number of halogens is 1. The zero-order valence-corrected chi connectivity index (χ0v) is 20.3. The summed E-state index contributed by atoms with van der Waals surface area (Å²) in [6.07, 6.45) is 1.27. The molecule has 4 aromatic rings. The first-order chi connectivity index (χ1) is 17.4. The number of fused-ring (bicyclic) bond motifs is 3. The van der Waals surface area contributed by atoms with Gasteiger partial charge in [-0.1, -0.05) is 23.7 Å². The Balaban J connectivity index is 1.78. The molecule has 1 aliphatic heterocycles. The smallest absolute Gasteiger partial charge is 0.312 e. The van der Waals surface area contributed by atoms with Gasteiger partial charge < -0.3 is 28.5 Å². The lowest BCUT2D eigenvalue weighted by Crippen LogP contribution is -2.22. The highest BCUT2D eigenvalue weighted by Crippen LogP contribution is 2.49. The summed E-state index contributed by atoms with van der Waals surface area (Å²) >= 11 is 5.98. The molecule has 0 spiro atoms. The Morgan fingerprint density at radius 3 is 2.28 bits per heavy atom. The van der Waals surface area contributed by atoms with Crippen LogP contribution in [-0.2, 0) is 4.79 Å². The Kier molecular flexibility index (Phi) is 5.97. The number of aromatic hydroxyl groups is 1. The van der Waals surface area contributed by atoms with E-state index in [1.54, 1.807) is 36.4 Å². The van der Waals surface area contributed by atoms with Crippen molar-refractivity contribution in [2.45, 2.75) is 12.3 Å². The van der Waals surface area contributed by atoms with Crippen molar-refractivity contribution in [3.8, 4) is 39.9 Å². The number of ether oxygens (including phenoxy) is 4. The molecule has 1 aliphatic rings. The lowest BCUT2D eigenvalue weighted by molar-refractivity contribution is -0.135. The van der Waals surface area contributed by atoms with Crippen LogP contribution >= 0.6 is 11.6 Å². The lowest BCUT2D eigenvalue weighted by Gasteiger charge is -2.27.